The molecule has 96 valence electrons. The highest BCUT2D eigenvalue weighted by molar-refractivity contribution is 6.00. The number of aromatic carboxylic acids is 1. The lowest BCUT2D eigenvalue weighted by molar-refractivity contribution is 0.0698. The third kappa shape index (κ3) is 2.03. The minimum Gasteiger partial charge on any atom is -0.478 e. The molecule has 0 bridgehead atoms. The summed E-state index contributed by atoms with van der Waals surface area (Å²) in [6.45, 7) is 0.431. The van der Waals surface area contributed by atoms with Gasteiger partial charge in [-0.05, 0) is 12.1 Å². The van der Waals surface area contributed by atoms with Gasteiger partial charge in [-0.25, -0.2) is 9.48 Å². The highest BCUT2D eigenvalue weighted by Gasteiger charge is 2.14. The van der Waals surface area contributed by atoms with Gasteiger partial charge in [-0.15, -0.1) is 5.10 Å². The predicted molar refractivity (Wildman–Crippen MR) is 62.5 cm³/mol. The van der Waals surface area contributed by atoms with E-state index in [-0.39, 0.29) is 5.56 Å². The molecule has 3 aromatic rings. The van der Waals surface area contributed by atoms with Crippen molar-refractivity contribution in [1.82, 2.24) is 25.1 Å². The Kier molecular flexibility index (Phi) is 2.67. The van der Waals surface area contributed by atoms with Crippen LogP contribution in [-0.2, 0) is 13.0 Å². The Bertz CT molecular complexity index is 719. The van der Waals surface area contributed by atoms with Crippen molar-refractivity contribution in [3.63, 3.8) is 0 Å². The van der Waals surface area contributed by atoms with Crippen LogP contribution in [0.25, 0.3) is 11.0 Å². The number of aryl methyl sites for hydroxylation is 2. The van der Waals surface area contributed by atoms with Crippen molar-refractivity contribution in [3.05, 3.63) is 36.0 Å². The Balaban J connectivity index is 1.97. The minimum absolute atomic E-state index is 0.176. The molecular weight excluding hydrogens is 250 g/mol. The molecule has 0 aliphatic heterocycles. The number of nitrogens with zero attached hydrogens (tertiary/aromatic N) is 5. The molecule has 8 heteroatoms. The van der Waals surface area contributed by atoms with E-state index in [0.717, 1.165) is 0 Å². The summed E-state index contributed by atoms with van der Waals surface area (Å²) < 4.78 is 6.17. The fourth-order valence-corrected chi connectivity index (χ4v) is 1.87. The number of para-hydroxylation sites is 1. The smallest absolute Gasteiger partial charge is 0.337 e. The average Bonchev–Trinajstić information content (AvgIpc) is 3.05. The van der Waals surface area contributed by atoms with Gasteiger partial charge in [-0.3, -0.25) is 0 Å². The van der Waals surface area contributed by atoms with E-state index in [9.17, 15) is 4.79 Å². The Morgan fingerprint density at radius 1 is 1.42 bits per heavy atom. The number of aromatic nitrogens is 5. The summed E-state index contributed by atoms with van der Waals surface area (Å²) in [4.78, 5) is 15.1. The van der Waals surface area contributed by atoms with Gasteiger partial charge in [-0.2, -0.15) is 4.98 Å². The molecule has 0 aliphatic rings. The van der Waals surface area contributed by atoms with Crippen molar-refractivity contribution in [3.8, 4) is 0 Å². The highest BCUT2D eigenvalue weighted by atomic mass is 16.5. The largest absolute Gasteiger partial charge is 0.478 e. The second kappa shape index (κ2) is 4.48. The van der Waals surface area contributed by atoms with Crippen molar-refractivity contribution in [2.75, 3.05) is 0 Å². The normalized spacial score (nSPS) is 10.9. The van der Waals surface area contributed by atoms with Gasteiger partial charge in [0.05, 0.1) is 12.1 Å². The lowest BCUT2D eigenvalue weighted by Gasteiger charge is -2.02. The molecule has 0 saturated heterocycles. The van der Waals surface area contributed by atoms with Gasteiger partial charge >= 0.3 is 5.97 Å². The molecule has 1 aromatic carbocycles. The number of hydrogen-bond acceptors (Lipinski definition) is 6. The van der Waals surface area contributed by atoms with E-state index in [4.69, 9.17) is 5.11 Å². The van der Waals surface area contributed by atoms with Crippen molar-refractivity contribution in [2.45, 2.75) is 13.0 Å². The van der Waals surface area contributed by atoms with Crippen molar-refractivity contribution < 1.29 is 14.4 Å². The summed E-state index contributed by atoms with van der Waals surface area (Å²) in [5, 5.41) is 20.8. The van der Waals surface area contributed by atoms with Crippen LogP contribution >= 0.6 is 0 Å². The molecule has 2 aromatic heterocycles. The van der Waals surface area contributed by atoms with E-state index >= 15 is 0 Å². The Morgan fingerprint density at radius 2 is 2.32 bits per heavy atom. The lowest BCUT2D eigenvalue weighted by atomic mass is 10.2. The second-order valence-corrected chi connectivity index (χ2v) is 3.89. The molecule has 1 N–H and O–H groups in total. The zero-order valence-electron chi connectivity index (χ0n) is 9.72. The van der Waals surface area contributed by atoms with E-state index in [2.05, 4.69) is 25.0 Å². The second-order valence-electron chi connectivity index (χ2n) is 3.89. The molecule has 19 heavy (non-hydrogen) atoms. The van der Waals surface area contributed by atoms with Crippen molar-refractivity contribution in [2.24, 2.45) is 0 Å². The van der Waals surface area contributed by atoms with Crippen LogP contribution in [0.15, 0.2) is 29.1 Å². The minimum atomic E-state index is -1.01. The maximum absolute atomic E-state index is 11.2. The fourth-order valence-electron chi connectivity index (χ4n) is 1.87. The number of carbonyl (C=O) groups is 1. The van der Waals surface area contributed by atoms with Gasteiger partial charge in [0, 0.05) is 6.42 Å². The third-order valence-corrected chi connectivity index (χ3v) is 2.72. The van der Waals surface area contributed by atoms with Gasteiger partial charge in [0.15, 0.2) is 5.82 Å². The van der Waals surface area contributed by atoms with Crippen LogP contribution in [0.2, 0.25) is 0 Å². The summed E-state index contributed by atoms with van der Waals surface area (Å²) in [6, 6.07) is 4.89. The molecule has 0 amide bonds. The first-order valence-corrected chi connectivity index (χ1v) is 5.56. The molecular formula is C11H9N5O3. The molecule has 2 heterocycles. The number of carboxylic acids is 1. The Hall–Kier alpha value is -2.77. The predicted octanol–water partition coefficient (Wildman–Crippen LogP) is 0.755. The van der Waals surface area contributed by atoms with Crippen LogP contribution in [0, 0.1) is 0 Å². The molecule has 0 spiro atoms. The van der Waals surface area contributed by atoms with Gasteiger partial charge in [0.2, 0.25) is 6.39 Å². The first-order chi connectivity index (χ1) is 9.25. The highest BCUT2D eigenvalue weighted by Crippen LogP contribution is 2.16. The van der Waals surface area contributed by atoms with Crippen LogP contribution in [0.4, 0.5) is 0 Å². The first-order valence-electron chi connectivity index (χ1n) is 5.56. The standard InChI is InChI=1S/C11H9N5O3/c17-11(18)7-2-1-3-8-10(7)16(15-13-8)5-4-9-12-6-19-14-9/h1-3,6H,4-5H2,(H,17,18). The number of hydrogen-bond donors (Lipinski definition) is 1. The summed E-state index contributed by atoms with van der Waals surface area (Å²) in [5.41, 5.74) is 1.22. The lowest BCUT2D eigenvalue weighted by Crippen LogP contribution is -2.07. The zero-order valence-corrected chi connectivity index (χ0v) is 9.72. The molecule has 0 aliphatic carbocycles. The van der Waals surface area contributed by atoms with E-state index in [0.29, 0.717) is 29.8 Å². The van der Waals surface area contributed by atoms with Gasteiger partial charge in [-0.1, -0.05) is 16.4 Å². The number of benzene rings is 1. The average molecular weight is 259 g/mol. The fraction of sp³-hybridized carbons (Fsp3) is 0.182. The summed E-state index contributed by atoms with van der Waals surface area (Å²) in [6.07, 6.45) is 1.74. The SMILES string of the molecule is O=C(O)c1cccc2nnn(CCc3ncon3)c12. The van der Waals surface area contributed by atoms with Gasteiger partial charge < -0.3 is 9.63 Å². The van der Waals surface area contributed by atoms with E-state index in [1.54, 1.807) is 12.1 Å². The third-order valence-electron chi connectivity index (χ3n) is 2.72. The number of rotatable bonds is 4. The zero-order chi connectivity index (χ0) is 13.2. The Labute approximate surface area is 106 Å². The maximum Gasteiger partial charge on any atom is 0.337 e. The summed E-state index contributed by atoms with van der Waals surface area (Å²) in [7, 11) is 0. The molecule has 0 fully saturated rings. The summed E-state index contributed by atoms with van der Waals surface area (Å²) in [5.74, 6) is -0.467. The van der Waals surface area contributed by atoms with Crippen molar-refractivity contribution in [1.29, 1.82) is 0 Å². The summed E-state index contributed by atoms with van der Waals surface area (Å²) >= 11 is 0. The van der Waals surface area contributed by atoms with Gasteiger partial charge in [0.25, 0.3) is 0 Å². The van der Waals surface area contributed by atoms with Crippen LogP contribution in [0.1, 0.15) is 16.2 Å². The van der Waals surface area contributed by atoms with Crippen molar-refractivity contribution >= 4 is 17.0 Å². The molecule has 0 saturated carbocycles. The van der Waals surface area contributed by atoms with E-state index < -0.39 is 5.97 Å². The number of fused-ring (bicyclic) bond motifs is 1. The van der Waals surface area contributed by atoms with Crippen LogP contribution < -0.4 is 0 Å². The van der Waals surface area contributed by atoms with Crippen LogP contribution in [-0.4, -0.2) is 36.2 Å². The molecule has 0 atom stereocenters. The van der Waals surface area contributed by atoms with Crippen LogP contribution in [0.3, 0.4) is 0 Å². The van der Waals surface area contributed by atoms with E-state index in [1.165, 1.54) is 17.1 Å². The topological polar surface area (TPSA) is 107 Å². The Morgan fingerprint density at radius 3 is 3.05 bits per heavy atom. The van der Waals surface area contributed by atoms with Crippen LogP contribution in [0.5, 0.6) is 0 Å². The monoisotopic (exact) mass is 259 g/mol. The van der Waals surface area contributed by atoms with Gasteiger partial charge in [0.1, 0.15) is 11.0 Å². The molecule has 8 nitrogen and oxygen atoms in total. The molecule has 0 radical (unpaired) electrons. The quantitative estimate of drug-likeness (QED) is 0.736. The van der Waals surface area contributed by atoms with E-state index in [1.807, 2.05) is 0 Å². The first kappa shape index (κ1) is 11.3. The maximum atomic E-state index is 11.2. The molecule has 0 unspecified atom stereocenters. The molecule has 3 rings (SSSR count). The number of carboxylic acid groups (broad SMARTS) is 1.